The topological polar surface area (TPSA) is 116 Å². The molecule has 5 rings (SSSR count). The third-order valence-corrected chi connectivity index (χ3v) is 6.01. The van der Waals surface area contributed by atoms with Gasteiger partial charge in [-0.25, -0.2) is 14.8 Å². The average Bonchev–Trinajstić information content (AvgIpc) is 3.16. The van der Waals surface area contributed by atoms with Crippen molar-refractivity contribution in [2.45, 2.75) is 39.0 Å². The lowest BCUT2D eigenvalue weighted by atomic mass is 10.1. The fourth-order valence-electron chi connectivity index (χ4n) is 4.49. The molecule has 9 nitrogen and oxygen atoms in total. The van der Waals surface area contributed by atoms with Gasteiger partial charge in [-0.15, -0.1) is 0 Å². The van der Waals surface area contributed by atoms with E-state index in [4.69, 9.17) is 19.9 Å². The number of aliphatic carboxylic acids is 1. The summed E-state index contributed by atoms with van der Waals surface area (Å²) >= 11 is 0. The molecule has 4 aromatic rings. The van der Waals surface area contributed by atoms with Gasteiger partial charge in [0.2, 0.25) is 0 Å². The Bertz CT molecular complexity index is 1460. The number of piperazine rings is 1. The zero-order chi connectivity index (χ0) is 27.1. The van der Waals surface area contributed by atoms with E-state index in [2.05, 4.69) is 47.4 Å². The minimum atomic E-state index is -5.08. The number of nitrogens with zero attached hydrogens (tertiary/aromatic N) is 5. The SMILES string of the molecule is Cc1nc(-c2cc3cn(C)nc3cc2O)nc2ccc(N3C[C@@H](C)N[C@@H](C)C3)cc12.O=C(O)C(F)(F)F. The maximum atomic E-state index is 10.6. The fourth-order valence-corrected chi connectivity index (χ4v) is 4.49. The van der Waals surface area contributed by atoms with Gasteiger partial charge in [-0.3, -0.25) is 4.68 Å². The summed E-state index contributed by atoms with van der Waals surface area (Å²) in [5.74, 6) is -2.09. The summed E-state index contributed by atoms with van der Waals surface area (Å²) in [5, 5.41) is 27.6. The van der Waals surface area contributed by atoms with Crippen LogP contribution in [0.15, 0.2) is 36.5 Å². The van der Waals surface area contributed by atoms with Gasteiger partial charge in [0.1, 0.15) is 5.75 Å². The summed E-state index contributed by atoms with van der Waals surface area (Å²) in [6.07, 6.45) is -3.16. The normalized spacial score (nSPS) is 18.1. The highest BCUT2D eigenvalue weighted by molar-refractivity contribution is 5.89. The van der Waals surface area contributed by atoms with Crippen LogP contribution in [0.2, 0.25) is 0 Å². The zero-order valence-electron chi connectivity index (χ0n) is 20.7. The van der Waals surface area contributed by atoms with Crippen LogP contribution < -0.4 is 10.2 Å². The van der Waals surface area contributed by atoms with Crippen LogP contribution in [0.4, 0.5) is 18.9 Å². The molecule has 1 fully saturated rings. The van der Waals surface area contributed by atoms with Crippen LogP contribution in [0.1, 0.15) is 19.5 Å². The van der Waals surface area contributed by atoms with E-state index >= 15 is 0 Å². The van der Waals surface area contributed by atoms with Gasteiger partial charge in [-0.1, -0.05) is 0 Å². The summed E-state index contributed by atoms with van der Waals surface area (Å²) in [4.78, 5) is 20.8. The molecule has 37 heavy (non-hydrogen) atoms. The minimum Gasteiger partial charge on any atom is -0.507 e. The number of carboxylic acids is 1. The molecule has 1 saturated heterocycles. The number of anilines is 1. The van der Waals surface area contributed by atoms with Crippen LogP contribution in [0.25, 0.3) is 33.2 Å². The number of alkyl halides is 3. The summed E-state index contributed by atoms with van der Waals surface area (Å²) in [6, 6.07) is 10.8. The Hall–Kier alpha value is -3.93. The Morgan fingerprint density at radius 2 is 1.73 bits per heavy atom. The van der Waals surface area contributed by atoms with Gasteiger partial charge in [0, 0.05) is 66.6 Å². The molecule has 0 amide bonds. The molecule has 3 N–H and O–H groups in total. The molecule has 0 bridgehead atoms. The van der Waals surface area contributed by atoms with Crippen molar-refractivity contribution in [2.24, 2.45) is 7.05 Å². The van der Waals surface area contributed by atoms with E-state index in [9.17, 15) is 18.3 Å². The predicted octanol–water partition coefficient (Wildman–Crippen LogP) is 4.02. The van der Waals surface area contributed by atoms with E-state index < -0.39 is 12.1 Å². The minimum absolute atomic E-state index is 0.139. The lowest BCUT2D eigenvalue weighted by Crippen LogP contribution is -2.54. The van der Waals surface area contributed by atoms with E-state index in [0.29, 0.717) is 23.5 Å². The Balaban J connectivity index is 0.000000405. The van der Waals surface area contributed by atoms with Gasteiger partial charge in [0.25, 0.3) is 0 Å². The molecule has 2 aromatic heterocycles. The van der Waals surface area contributed by atoms with E-state index in [-0.39, 0.29) is 5.75 Å². The number of nitrogens with one attached hydrogen (secondary N) is 1. The number of halogens is 3. The Labute approximate surface area is 210 Å². The summed E-state index contributed by atoms with van der Waals surface area (Å²) in [7, 11) is 1.87. The molecule has 1 aliphatic rings. The molecule has 2 aromatic carbocycles. The second-order valence-electron chi connectivity index (χ2n) is 9.24. The van der Waals surface area contributed by atoms with Crippen molar-refractivity contribution in [3.63, 3.8) is 0 Å². The van der Waals surface area contributed by atoms with Crippen molar-refractivity contribution in [3.8, 4) is 17.1 Å². The van der Waals surface area contributed by atoms with Gasteiger partial charge in [-0.2, -0.15) is 18.3 Å². The molecule has 2 atom stereocenters. The first-order valence-corrected chi connectivity index (χ1v) is 11.6. The first-order valence-electron chi connectivity index (χ1n) is 11.6. The number of rotatable bonds is 2. The van der Waals surface area contributed by atoms with Crippen LogP contribution in [0, 0.1) is 6.92 Å². The van der Waals surface area contributed by atoms with Crippen LogP contribution in [0.5, 0.6) is 5.75 Å². The highest BCUT2D eigenvalue weighted by Gasteiger charge is 2.38. The molecular formula is C25H27F3N6O3. The molecule has 0 spiro atoms. The van der Waals surface area contributed by atoms with Crippen molar-refractivity contribution >= 4 is 33.5 Å². The number of aromatic nitrogens is 4. The fraction of sp³-hybridized carbons (Fsp3) is 0.360. The summed E-state index contributed by atoms with van der Waals surface area (Å²) in [5.41, 5.74) is 4.35. The van der Waals surface area contributed by atoms with Crippen molar-refractivity contribution in [1.29, 1.82) is 0 Å². The van der Waals surface area contributed by atoms with Gasteiger partial charge < -0.3 is 20.4 Å². The van der Waals surface area contributed by atoms with Crippen LogP contribution in [-0.2, 0) is 11.8 Å². The van der Waals surface area contributed by atoms with Crippen molar-refractivity contribution in [2.75, 3.05) is 18.0 Å². The number of hydrogen-bond donors (Lipinski definition) is 3. The van der Waals surface area contributed by atoms with E-state index in [1.54, 1.807) is 10.7 Å². The summed E-state index contributed by atoms with van der Waals surface area (Å²) < 4.78 is 33.5. The number of carboxylic acid groups (broad SMARTS) is 1. The number of aryl methyl sites for hydroxylation is 2. The van der Waals surface area contributed by atoms with E-state index in [1.807, 2.05) is 26.2 Å². The number of carbonyl (C=O) groups is 1. The first kappa shape index (κ1) is 26.1. The zero-order valence-corrected chi connectivity index (χ0v) is 20.7. The maximum absolute atomic E-state index is 10.6. The predicted molar refractivity (Wildman–Crippen MR) is 134 cm³/mol. The molecule has 1 aliphatic heterocycles. The summed E-state index contributed by atoms with van der Waals surface area (Å²) in [6.45, 7) is 8.39. The molecule has 0 unspecified atom stereocenters. The van der Waals surface area contributed by atoms with E-state index in [0.717, 1.165) is 40.6 Å². The van der Waals surface area contributed by atoms with Gasteiger partial charge in [-0.05, 0) is 45.0 Å². The molecule has 0 aliphatic carbocycles. The number of aromatic hydroxyl groups is 1. The molecule has 12 heteroatoms. The largest absolute Gasteiger partial charge is 0.507 e. The quantitative estimate of drug-likeness (QED) is 0.366. The maximum Gasteiger partial charge on any atom is 0.490 e. The van der Waals surface area contributed by atoms with Crippen LogP contribution in [-0.4, -0.2) is 67.3 Å². The molecule has 0 radical (unpaired) electrons. The number of phenols is 1. The number of fused-ring (bicyclic) bond motifs is 2. The molecule has 196 valence electrons. The van der Waals surface area contributed by atoms with Crippen LogP contribution in [0.3, 0.4) is 0 Å². The van der Waals surface area contributed by atoms with Gasteiger partial charge in [0.15, 0.2) is 5.82 Å². The molecule has 3 heterocycles. The van der Waals surface area contributed by atoms with Crippen molar-refractivity contribution < 1.29 is 28.2 Å². The van der Waals surface area contributed by atoms with Crippen LogP contribution >= 0.6 is 0 Å². The molecule has 0 saturated carbocycles. The highest BCUT2D eigenvalue weighted by atomic mass is 19.4. The second-order valence-corrected chi connectivity index (χ2v) is 9.24. The monoisotopic (exact) mass is 516 g/mol. The Morgan fingerprint density at radius 1 is 1.08 bits per heavy atom. The Kier molecular flexibility index (Phi) is 6.96. The number of benzene rings is 2. The van der Waals surface area contributed by atoms with E-state index in [1.165, 1.54) is 5.69 Å². The third kappa shape index (κ3) is 5.74. The second kappa shape index (κ2) is 9.85. The average molecular weight is 517 g/mol. The number of phenolic OH excluding ortho intramolecular Hbond substituents is 1. The lowest BCUT2D eigenvalue weighted by molar-refractivity contribution is -0.192. The first-order chi connectivity index (χ1) is 17.3. The smallest absolute Gasteiger partial charge is 0.490 e. The Morgan fingerprint density at radius 3 is 2.35 bits per heavy atom. The highest BCUT2D eigenvalue weighted by Crippen LogP contribution is 2.33. The standard InChI is InChI=1S/C23H26N6O.C2HF3O2/c1-13-10-29(11-14(2)24-13)17-5-6-20-18(8-17)15(3)25-23(26-20)19-7-16-12-28(4)27-21(16)9-22(19)30;3-2(4,5)1(6)7/h5-9,12-14,24,30H,10-11H2,1-4H3;(H,6,7)/t13-,14+;. The van der Waals surface area contributed by atoms with Crippen molar-refractivity contribution in [1.82, 2.24) is 25.1 Å². The molecular weight excluding hydrogens is 489 g/mol. The van der Waals surface area contributed by atoms with Crippen molar-refractivity contribution in [3.05, 3.63) is 42.2 Å². The van der Waals surface area contributed by atoms with Gasteiger partial charge in [0.05, 0.1) is 16.6 Å². The number of hydrogen-bond acceptors (Lipinski definition) is 7. The third-order valence-electron chi connectivity index (χ3n) is 6.01. The lowest BCUT2D eigenvalue weighted by Gasteiger charge is -2.37. The van der Waals surface area contributed by atoms with Gasteiger partial charge >= 0.3 is 12.1 Å².